The Hall–Kier alpha value is -1.28. The molecule has 0 unspecified atom stereocenters. The van der Waals surface area contributed by atoms with Gasteiger partial charge in [0.05, 0.1) is 10.7 Å². The summed E-state index contributed by atoms with van der Waals surface area (Å²) < 4.78 is 0. The van der Waals surface area contributed by atoms with Crippen LogP contribution in [0.25, 0.3) is 11.3 Å². The molecule has 0 amide bonds. The molecule has 0 aliphatic heterocycles. The van der Waals surface area contributed by atoms with Crippen LogP contribution in [0.3, 0.4) is 0 Å². The molecular weight excluding hydrogens is 220 g/mol. The second kappa shape index (κ2) is 5.71. The number of aryl methyl sites for hydroxylation is 1. The maximum absolute atomic E-state index is 6.09. The van der Waals surface area contributed by atoms with Crippen LogP contribution in [0.1, 0.15) is 25.1 Å². The molecule has 0 radical (unpaired) electrons. The largest absolute Gasteiger partial charge is 0.282 e. The zero-order valence-corrected chi connectivity index (χ0v) is 10.9. The van der Waals surface area contributed by atoms with E-state index in [1.165, 1.54) is 0 Å². The molecule has 0 aliphatic rings. The van der Waals surface area contributed by atoms with E-state index >= 15 is 0 Å². The van der Waals surface area contributed by atoms with Gasteiger partial charge in [-0.1, -0.05) is 43.6 Å². The highest BCUT2D eigenvalue weighted by atomic mass is 35.5. The zero-order valence-electron chi connectivity index (χ0n) is 10.1. The molecule has 0 bridgehead atoms. The summed E-state index contributed by atoms with van der Waals surface area (Å²) in [6.45, 7) is 8.04. The van der Waals surface area contributed by atoms with E-state index in [0.717, 1.165) is 27.5 Å². The highest BCUT2D eigenvalue weighted by molar-refractivity contribution is 6.33. The Morgan fingerprint density at radius 2 is 1.75 bits per heavy atom. The van der Waals surface area contributed by atoms with E-state index in [9.17, 15) is 0 Å². The lowest BCUT2D eigenvalue weighted by Gasteiger charge is -2.00. The minimum absolute atomic E-state index is 0.738. The lowest BCUT2D eigenvalue weighted by Crippen LogP contribution is -1.82. The van der Waals surface area contributed by atoms with Crippen molar-refractivity contribution < 1.29 is 0 Å². The topological polar surface area (TPSA) is 28.7 Å². The van der Waals surface area contributed by atoms with Crippen molar-refractivity contribution >= 4 is 11.6 Å². The van der Waals surface area contributed by atoms with E-state index in [1.807, 2.05) is 52.0 Å². The van der Waals surface area contributed by atoms with E-state index < -0.39 is 0 Å². The minimum Gasteiger partial charge on any atom is -0.282 e. The molecule has 3 heteroatoms. The number of hydrogen-bond donors (Lipinski definition) is 1. The van der Waals surface area contributed by atoms with E-state index in [0.29, 0.717) is 0 Å². The Labute approximate surface area is 102 Å². The van der Waals surface area contributed by atoms with Crippen LogP contribution in [-0.4, -0.2) is 10.2 Å². The van der Waals surface area contributed by atoms with Gasteiger partial charge in [0.15, 0.2) is 0 Å². The van der Waals surface area contributed by atoms with Crippen molar-refractivity contribution in [3.05, 3.63) is 40.5 Å². The third kappa shape index (κ3) is 2.45. The molecule has 0 aliphatic carbocycles. The van der Waals surface area contributed by atoms with Crippen LogP contribution in [-0.2, 0) is 0 Å². The minimum atomic E-state index is 0.738. The molecule has 1 aromatic carbocycles. The Kier molecular flexibility index (Phi) is 4.56. The van der Waals surface area contributed by atoms with Gasteiger partial charge in [0, 0.05) is 11.3 Å². The summed E-state index contributed by atoms with van der Waals surface area (Å²) in [5.41, 5.74) is 4.15. The van der Waals surface area contributed by atoms with Gasteiger partial charge in [-0.15, -0.1) is 0 Å². The molecule has 86 valence electrons. The number of benzene rings is 1. The average Bonchev–Trinajstić information content (AvgIpc) is 2.64. The third-order valence-corrected chi connectivity index (χ3v) is 2.71. The van der Waals surface area contributed by atoms with Crippen LogP contribution in [0, 0.1) is 13.8 Å². The fourth-order valence-electron chi connectivity index (χ4n) is 1.40. The first-order chi connectivity index (χ1) is 7.70. The maximum Gasteiger partial charge on any atom is 0.0967 e. The average molecular weight is 237 g/mol. The van der Waals surface area contributed by atoms with Gasteiger partial charge in [-0.3, -0.25) is 5.10 Å². The first-order valence-electron chi connectivity index (χ1n) is 5.46. The summed E-state index contributed by atoms with van der Waals surface area (Å²) in [4.78, 5) is 0. The molecule has 0 atom stereocenters. The molecule has 2 nitrogen and oxygen atoms in total. The van der Waals surface area contributed by atoms with Gasteiger partial charge < -0.3 is 0 Å². The number of halogens is 1. The normalized spacial score (nSPS) is 9.56. The lowest BCUT2D eigenvalue weighted by molar-refractivity contribution is 1.05. The Balaban J connectivity index is 0.000000606. The maximum atomic E-state index is 6.09. The van der Waals surface area contributed by atoms with Crippen molar-refractivity contribution in [1.29, 1.82) is 0 Å². The van der Waals surface area contributed by atoms with Crippen LogP contribution in [0.5, 0.6) is 0 Å². The number of aromatic nitrogens is 2. The molecule has 16 heavy (non-hydrogen) atoms. The summed E-state index contributed by atoms with van der Waals surface area (Å²) in [5.74, 6) is 0. The second-order valence-corrected chi connectivity index (χ2v) is 3.71. The molecular formula is C13H17ClN2. The monoisotopic (exact) mass is 236 g/mol. The van der Waals surface area contributed by atoms with Crippen molar-refractivity contribution in [2.75, 3.05) is 0 Å². The first kappa shape index (κ1) is 12.8. The van der Waals surface area contributed by atoms with Crippen molar-refractivity contribution in [3.63, 3.8) is 0 Å². The van der Waals surface area contributed by atoms with Gasteiger partial charge in [0.25, 0.3) is 0 Å². The zero-order chi connectivity index (χ0) is 12.1. The number of aromatic amines is 1. The molecule has 2 aromatic rings. The van der Waals surface area contributed by atoms with Crippen molar-refractivity contribution in [3.8, 4) is 11.3 Å². The highest BCUT2D eigenvalue weighted by Crippen LogP contribution is 2.28. The van der Waals surface area contributed by atoms with Gasteiger partial charge in [-0.2, -0.15) is 5.10 Å². The van der Waals surface area contributed by atoms with E-state index in [1.54, 1.807) is 0 Å². The van der Waals surface area contributed by atoms with E-state index in [-0.39, 0.29) is 0 Å². The van der Waals surface area contributed by atoms with Gasteiger partial charge in [-0.05, 0) is 25.5 Å². The van der Waals surface area contributed by atoms with Gasteiger partial charge >= 0.3 is 0 Å². The fourth-order valence-corrected chi connectivity index (χ4v) is 1.63. The summed E-state index contributed by atoms with van der Waals surface area (Å²) >= 11 is 6.09. The molecule has 0 saturated carbocycles. The van der Waals surface area contributed by atoms with Gasteiger partial charge in [0.1, 0.15) is 0 Å². The van der Waals surface area contributed by atoms with Crippen LogP contribution in [0.2, 0.25) is 5.02 Å². The summed E-state index contributed by atoms with van der Waals surface area (Å²) in [5, 5.41) is 7.93. The van der Waals surface area contributed by atoms with Crippen molar-refractivity contribution in [2.24, 2.45) is 0 Å². The number of H-pyrrole nitrogens is 1. The van der Waals surface area contributed by atoms with Crippen molar-refractivity contribution in [1.82, 2.24) is 10.2 Å². The fraction of sp³-hybridized carbons (Fsp3) is 0.308. The van der Waals surface area contributed by atoms with E-state index in [2.05, 4.69) is 10.2 Å². The lowest BCUT2D eigenvalue weighted by atomic mass is 10.1. The summed E-state index contributed by atoms with van der Waals surface area (Å²) in [6, 6.07) is 7.73. The number of hydrogen-bond acceptors (Lipinski definition) is 1. The predicted octanol–water partition coefficient (Wildman–Crippen LogP) is 4.37. The van der Waals surface area contributed by atoms with Crippen LogP contribution < -0.4 is 0 Å². The quantitative estimate of drug-likeness (QED) is 0.783. The standard InChI is InChI=1S/C11H11ClN2.C2H6/c1-7-8(2)13-14-11(7)9-5-3-4-6-10(9)12;1-2/h3-6H,1-2H3,(H,13,14);1-2H3. The number of rotatable bonds is 1. The molecule has 0 saturated heterocycles. The Morgan fingerprint density at radius 3 is 2.25 bits per heavy atom. The first-order valence-corrected chi connectivity index (χ1v) is 5.84. The smallest absolute Gasteiger partial charge is 0.0967 e. The Bertz CT molecular complexity index is 461. The van der Waals surface area contributed by atoms with Crippen LogP contribution in [0.15, 0.2) is 24.3 Å². The third-order valence-electron chi connectivity index (χ3n) is 2.38. The predicted molar refractivity (Wildman–Crippen MR) is 69.9 cm³/mol. The van der Waals surface area contributed by atoms with Crippen molar-refractivity contribution in [2.45, 2.75) is 27.7 Å². The Morgan fingerprint density at radius 1 is 1.12 bits per heavy atom. The molecule has 0 fully saturated rings. The molecule has 1 heterocycles. The number of nitrogens with zero attached hydrogens (tertiary/aromatic N) is 1. The number of nitrogens with one attached hydrogen (secondary N) is 1. The second-order valence-electron chi connectivity index (χ2n) is 3.30. The molecule has 1 aromatic heterocycles. The molecule has 0 spiro atoms. The highest BCUT2D eigenvalue weighted by Gasteiger charge is 2.10. The molecule has 2 rings (SSSR count). The van der Waals surface area contributed by atoms with Gasteiger partial charge in [0.2, 0.25) is 0 Å². The SMILES string of the molecule is CC.Cc1[nH]nc(-c2ccccc2Cl)c1C. The van der Waals surface area contributed by atoms with Crippen LogP contribution in [0.4, 0.5) is 0 Å². The van der Waals surface area contributed by atoms with Gasteiger partial charge in [-0.25, -0.2) is 0 Å². The summed E-state index contributed by atoms with van der Waals surface area (Å²) in [6.07, 6.45) is 0. The van der Waals surface area contributed by atoms with E-state index in [4.69, 9.17) is 11.6 Å². The van der Waals surface area contributed by atoms with Crippen LogP contribution >= 0.6 is 11.6 Å². The summed E-state index contributed by atoms with van der Waals surface area (Å²) in [7, 11) is 0. The molecule has 1 N–H and O–H groups in total.